The molecule has 14 heavy (non-hydrogen) atoms. The fraction of sp³-hybridized carbons (Fsp3) is 0.625. The molecule has 0 aromatic carbocycles. The lowest BCUT2D eigenvalue weighted by Crippen LogP contribution is -2.24. The lowest BCUT2D eigenvalue weighted by atomic mass is 10.1. The molecule has 0 rings (SSSR count). The van der Waals surface area contributed by atoms with Gasteiger partial charge in [0.2, 0.25) is 0 Å². The predicted molar refractivity (Wildman–Crippen MR) is 45.3 cm³/mol. The summed E-state index contributed by atoms with van der Waals surface area (Å²) in [4.78, 5) is 0. The number of alkyl halides is 3. The Balaban J connectivity index is 4.19. The maximum absolute atomic E-state index is 12.0. The third-order valence-electron chi connectivity index (χ3n) is 1.67. The van der Waals surface area contributed by atoms with Gasteiger partial charge in [0.05, 0.1) is 6.10 Å². The van der Waals surface area contributed by atoms with E-state index in [0.29, 0.717) is 5.57 Å². The highest BCUT2D eigenvalue weighted by Crippen LogP contribution is 2.21. The fourth-order valence-electron chi connectivity index (χ4n) is 0.768. The molecule has 1 atom stereocenters. The molecule has 82 valence electrons. The number of hydrogen-bond donors (Lipinski definition) is 2. The van der Waals surface area contributed by atoms with Gasteiger partial charge in [-0.15, -0.1) is 0 Å². The van der Waals surface area contributed by atoms with Crippen LogP contribution in [0, 0.1) is 0 Å². The first kappa shape index (κ1) is 13.0. The third kappa shape index (κ3) is 4.27. The lowest BCUT2D eigenvalue weighted by Gasteiger charge is -2.12. The Morgan fingerprint density at radius 2 is 2.00 bits per heavy atom. The minimum absolute atomic E-state index is 0.158. The summed E-state index contributed by atoms with van der Waals surface area (Å²) >= 11 is 0. The molecule has 0 bridgehead atoms. The first-order valence-corrected chi connectivity index (χ1v) is 3.90. The first-order chi connectivity index (χ1) is 6.29. The van der Waals surface area contributed by atoms with Gasteiger partial charge in [-0.25, -0.2) is 0 Å². The summed E-state index contributed by atoms with van der Waals surface area (Å²) in [6.45, 7) is 4.90. The molecule has 6 heteroatoms. The Morgan fingerprint density at radius 3 is 2.29 bits per heavy atom. The summed E-state index contributed by atoms with van der Waals surface area (Å²) in [5.74, 6) is 0. The van der Waals surface area contributed by atoms with Crippen molar-refractivity contribution >= 4 is 5.71 Å². The van der Waals surface area contributed by atoms with Crippen molar-refractivity contribution in [1.82, 2.24) is 0 Å². The molecule has 0 heterocycles. The molecule has 0 aromatic rings. The van der Waals surface area contributed by atoms with Gasteiger partial charge in [-0.2, -0.15) is 13.2 Å². The van der Waals surface area contributed by atoms with Crippen LogP contribution in [0.15, 0.2) is 17.3 Å². The number of hydrogen-bond acceptors (Lipinski definition) is 3. The summed E-state index contributed by atoms with van der Waals surface area (Å²) in [5, 5.41) is 19.4. The zero-order valence-corrected chi connectivity index (χ0v) is 7.67. The molecule has 0 saturated carbocycles. The molecule has 0 amide bonds. The van der Waals surface area contributed by atoms with Crippen LogP contribution < -0.4 is 0 Å². The van der Waals surface area contributed by atoms with Crippen molar-refractivity contribution in [2.45, 2.75) is 32.0 Å². The van der Waals surface area contributed by atoms with Gasteiger partial charge in [0.1, 0.15) is 0 Å². The Kier molecular flexibility index (Phi) is 4.62. The average Bonchev–Trinajstić information content (AvgIpc) is 2.02. The first-order valence-electron chi connectivity index (χ1n) is 3.90. The zero-order chi connectivity index (χ0) is 11.4. The number of nitrogens with zero attached hydrogens (tertiary/aromatic N) is 1. The van der Waals surface area contributed by atoms with E-state index < -0.39 is 24.4 Å². The Labute approximate surface area is 79.5 Å². The highest BCUT2D eigenvalue weighted by atomic mass is 19.4. The highest BCUT2D eigenvalue weighted by Gasteiger charge is 2.36. The third-order valence-corrected chi connectivity index (χ3v) is 1.67. The molecule has 0 radical (unpaired) electrons. The largest absolute Gasteiger partial charge is 0.432 e. The molecule has 0 aliphatic carbocycles. The second-order valence-corrected chi connectivity index (χ2v) is 2.95. The number of oxime groups is 1. The molecular formula is C8H12F3NO2. The van der Waals surface area contributed by atoms with E-state index in [0.717, 1.165) is 0 Å². The molecule has 0 aliphatic rings. The second-order valence-electron chi connectivity index (χ2n) is 2.95. The number of aliphatic hydroxyl groups excluding tert-OH is 1. The van der Waals surface area contributed by atoms with Crippen molar-refractivity contribution in [3.8, 4) is 0 Å². The van der Waals surface area contributed by atoms with Gasteiger partial charge >= 0.3 is 6.18 Å². The van der Waals surface area contributed by atoms with Gasteiger partial charge < -0.3 is 10.3 Å². The zero-order valence-electron chi connectivity index (χ0n) is 7.67. The summed E-state index contributed by atoms with van der Waals surface area (Å²) in [6, 6.07) is 0. The van der Waals surface area contributed by atoms with Gasteiger partial charge in [-0.1, -0.05) is 17.3 Å². The summed E-state index contributed by atoms with van der Waals surface area (Å²) in [5.41, 5.74) is -0.915. The van der Waals surface area contributed by atoms with Gasteiger partial charge in [-0.3, -0.25) is 0 Å². The smallest absolute Gasteiger partial charge is 0.411 e. The van der Waals surface area contributed by atoms with Crippen LogP contribution in [-0.2, 0) is 0 Å². The molecule has 2 N–H and O–H groups in total. The molecule has 0 aliphatic heterocycles. The molecule has 0 fully saturated rings. The molecule has 0 aromatic heterocycles. The van der Waals surface area contributed by atoms with Crippen LogP contribution in [-0.4, -0.2) is 28.3 Å². The topological polar surface area (TPSA) is 52.8 Å². The van der Waals surface area contributed by atoms with Crippen molar-refractivity contribution in [2.75, 3.05) is 0 Å². The average molecular weight is 211 g/mol. The maximum atomic E-state index is 12.0. The van der Waals surface area contributed by atoms with Crippen LogP contribution in [0.2, 0.25) is 0 Å². The number of halogens is 3. The van der Waals surface area contributed by atoms with Gasteiger partial charge in [0.15, 0.2) is 5.71 Å². The van der Waals surface area contributed by atoms with Crippen molar-refractivity contribution < 1.29 is 23.5 Å². The van der Waals surface area contributed by atoms with Crippen molar-refractivity contribution in [3.63, 3.8) is 0 Å². The van der Waals surface area contributed by atoms with E-state index in [1.807, 2.05) is 0 Å². The Hall–Kier alpha value is -1.04. The monoisotopic (exact) mass is 211 g/mol. The molecule has 0 spiro atoms. The van der Waals surface area contributed by atoms with E-state index in [4.69, 9.17) is 10.3 Å². The van der Waals surface area contributed by atoms with Gasteiger partial charge in [-0.05, 0) is 13.3 Å². The fourth-order valence-corrected chi connectivity index (χ4v) is 0.768. The van der Waals surface area contributed by atoms with Crippen LogP contribution in [0.5, 0.6) is 0 Å². The maximum Gasteiger partial charge on any atom is 0.432 e. The predicted octanol–water partition coefficient (Wildman–Crippen LogP) is 2.10. The van der Waals surface area contributed by atoms with E-state index >= 15 is 0 Å². The van der Waals surface area contributed by atoms with Crippen LogP contribution in [0.1, 0.15) is 19.8 Å². The Morgan fingerprint density at radius 1 is 1.50 bits per heavy atom. The molecule has 3 nitrogen and oxygen atoms in total. The van der Waals surface area contributed by atoms with Crippen LogP contribution in [0.25, 0.3) is 0 Å². The van der Waals surface area contributed by atoms with Gasteiger partial charge in [0.25, 0.3) is 0 Å². The van der Waals surface area contributed by atoms with Gasteiger partial charge in [0, 0.05) is 6.42 Å². The Bertz CT molecular complexity index is 235. The molecule has 1 unspecified atom stereocenters. The second kappa shape index (κ2) is 4.99. The van der Waals surface area contributed by atoms with E-state index in [1.54, 1.807) is 0 Å². The van der Waals surface area contributed by atoms with E-state index in [2.05, 4.69) is 11.7 Å². The quantitative estimate of drug-likeness (QED) is 0.324. The summed E-state index contributed by atoms with van der Waals surface area (Å²) < 4.78 is 35.9. The van der Waals surface area contributed by atoms with Crippen molar-refractivity contribution in [2.24, 2.45) is 5.16 Å². The van der Waals surface area contributed by atoms with Crippen molar-refractivity contribution in [3.05, 3.63) is 12.2 Å². The standard InChI is InChI=1S/C8H12F3NO2/c1-5(2)6(13)3-4-7(12-14)8(9,10)11/h6,13-14H,1,3-4H2,2H3/b12-7+. The van der Waals surface area contributed by atoms with E-state index in [1.165, 1.54) is 6.92 Å². The lowest BCUT2D eigenvalue weighted by molar-refractivity contribution is -0.0630. The van der Waals surface area contributed by atoms with Crippen LogP contribution >= 0.6 is 0 Å². The summed E-state index contributed by atoms with van der Waals surface area (Å²) in [6.07, 6.45) is -6.35. The molecular weight excluding hydrogens is 199 g/mol. The van der Waals surface area contributed by atoms with E-state index in [9.17, 15) is 13.2 Å². The number of rotatable bonds is 4. The van der Waals surface area contributed by atoms with Crippen molar-refractivity contribution in [1.29, 1.82) is 0 Å². The van der Waals surface area contributed by atoms with Crippen LogP contribution in [0.4, 0.5) is 13.2 Å². The number of aliphatic hydroxyl groups is 1. The normalized spacial score (nSPS) is 15.4. The summed E-state index contributed by atoms with van der Waals surface area (Å²) in [7, 11) is 0. The van der Waals surface area contributed by atoms with E-state index in [-0.39, 0.29) is 6.42 Å². The SMILES string of the molecule is C=C(C)C(O)CC/C(=N\O)C(F)(F)F. The molecule has 0 saturated heterocycles. The highest BCUT2D eigenvalue weighted by molar-refractivity contribution is 5.89. The van der Waals surface area contributed by atoms with Crippen LogP contribution in [0.3, 0.4) is 0 Å². The minimum Gasteiger partial charge on any atom is -0.411 e. The minimum atomic E-state index is -4.65.